The second-order valence-corrected chi connectivity index (χ2v) is 6.48. The molecule has 2 aliphatic carbocycles. The highest BCUT2D eigenvalue weighted by molar-refractivity contribution is 7.99. The van der Waals surface area contributed by atoms with Gasteiger partial charge < -0.3 is 10.6 Å². The second-order valence-electron chi connectivity index (χ2n) is 5.33. The van der Waals surface area contributed by atoms with E-state index in [-0.39, 0.29) is 0 Å². The average molecular weight is 226 g/mol. The van der Waals surface area contributed by atoms with E-state index >= 15 is 0 Å². The predicted octanol–water partition coefficient (Wildman–Crippen LogP) is 1.47. The van der Waals surface area contributed by atoms with Crippen molar-refractivity contribution in [3.05, 3.63) is 0 Å². The van der Waals surface area contributed by atoms with Crippen LogP contribution in [-0.2, 0) is 0 Å². The molecule has 1 unspecified atom stereocenters. The van der Waals surface area contributed by atoms with Gasteiger partial charge in [-0.2, -0.15) is 11.8 Å². The van der Waals surface area contributed by atoms with Gasteiger partial charge in [-0.1, -0.05) is 0 Å². The Balaban J connectivity index is 1.42. The predicted molar refractivity (Wildman–Crippen MR) is 66.4 cm³/mol. The minimum Gasteiger partial charge on any atom is -0.312 e. The zero-order chi connectivity index (χ0) is 10.1. The molecule has 0 aromatic carbocycles. The number of hydrogen-bond donors (Lipinski definition) is 2. The van der Waals surface area contributed by atoms with Crippen molar-refractivity contribution in [3.63, 3.8) is 0 Å². The highest BCUT2D eigenvalue weighted by Crippen LogP contribution is 2.44. The third-order valence-corrected chi connectivity index (χ3v) is 4.99. The highest BCUT2D eigenvalue weighted by Gasteiger charge is 2.41. The average Bonchev–Trinajstić information content (AvgIpc) is 3.14. The first kappa shape index (κ1) is 10.4. The topological polar surface area (TPSA) is 24.1 Å². The number of hydrogen-bond acceptors (Lipinski definition) is 3. The molecule has 3 fully saturated rings. The molecule has 1 saturated heterocycles. The summed E-state index contributed by atoms with van der Waals surface area (Å²) in [6.45, 7) is 2.40. The zero-order valence-corrected chi connectivity index (χ0v) is 10.2. The molecule has 0 aromatic heterocycles. The molecular weight excluding hydrogens is 204 g/mol. The minimum absolute atomic E-state index is 0.726. The van der Waals surface area contributed by atoms with Gasteiger partial charge in [-0.15, -0.1) is 0 Å². The summed E-state index contributed by atoms with van der Waals surface area (Å²) >= 11 is 2.10. The van der Waals surface area contributed by atoms with Crippen molar-refractivity contribution >= 4 is 11.8 Å². The normalized spacial score (nSPS) is 32.2. The maximum atomic E-state index is 3.84. The Kier molecular flexibility index (Phi) is 3.23. The first-order valence-electron chi connectivity index (χ1n) is 6.48. The summed E-state index contributed by atoms with van der Waals surface area (Å²) in [6, 6.07) is 1.60. The first-order valence-corrected chi connectivity index (χ1v) is 7.63. The molecule has 3 aliphatic rings. The lowest BCUT2D eigenvalue weighted by atomic mass is 10.1. The van der Waals surface area contributed by atoms with Crippen molar-refractivity contribution in [2.75, 3.05) is 24.6 Å². The van der Waals surface area contributed by atoms with Crippen LogP contribution in [0.2, 0.25) is 0 Å². The maximum absolute atomic E-state index is 3.84. The van der Waals surface area contributed by atoms with Gasteiger partial charge in [0.2, 0.25) is 0 Å². The van der Waals surface area contributed by atoms with Gasteiger partial charge in [0, 0.05) is 36.7 Å². The summed E-state index contributed by atoms with van der Waals surface area (Å²) < 4.78 is 0. The Morgan fingerprint density at radius 3 is 2.47 bits per heavy atom. The lowest BCUT2D eigenvalue weighted by molar-refractivity contribution is 0.389. The molecule has 2 nitrogen and oxygen atoms in total. The van der Waals surface area contributed by atoms with E-state index in [0.717, 1.165) is 23.9 Å². The van der Waals surface area contributed by atoms with Crippen LogP contribution in [0.3, 0.4) is 0 Å². The van der Waals surface area contributed by atoms with Gasteiger partial charge in [-0.25, -0.2) is 0 Å². The molecular formula is C12H22N2S. The van der Waals surface area contributed by atoms with E-state index in [1.807, 2.05) is 0 Å². The van der Waals surface area contributed by atoms with Gasteiger partial charge in [0.15, 0.2) is 0 Å². The van der Waals surface area contributed by atoms with Crippen molar-refractivity contribution in [2.24, 2.45) is 11.8 Å². The van der Waals surface area contributed by atoms with Crippen LogP contribution in [0.1, 0.15) is 25.7 Å². The van der Waals surface area contributed by atoms with E-state index in [4.69, 9.17) is 0 Å². The fourth-order valence-electron chi connectivity index (χ4n) is 2.66. The van der Waals surface area contributed by atoms with Crippen LogP contribution >= 0.6 is 11.8 Å². The summed E-state index contributed by atoms with van der Waals surface area (Å²) in [5.74, 6) is 4.67. The van der Waals surface area contributed by atoms with E-state index in [2.05, 4.69) is 22.4 Å². The Morgan fingerprint density at radius 2 is 1.93 bits per heavy atom. The van der Waals surface area contributed by atoms with Gasteiger partial charge >= 0.3 is 0 Å². The Hall–Kier alpha value is 0.270. The van der Waals surface area contributed by atoms with E-state index in [0.29, 0.717) is 0 Å². The molecule has 0 aromatic rings. The fraction of sp³-hybridized carbons (Fsp3) is 1.00. The molecule has 1 atom stereocenters. The summed E-state index contributed by atoms with van der Waals surface area (Å²) in [5, 5.41) is 7.45. The smallest absolute Gasteiger partial charge is 0.0283 e. The quantitative estimate of drug-likeness (QED) is 0.742. The lowest BCUT2D eigenvalue weighted by Gasteiger charge is -2.26. The SMILES string of the molecule is C1CSCC(CNC(C2CC2)C2CC2)N1. The van der Waals surface area contributed by atoms with Crippen molar-refractivity contribution in [1.29, 1.82) is 0 Å². The second kappa shape index (κ2) is 4.64. The molecule has 2 saturated carbocycles. The maximum Gasteiger partial charge on any atom is 0.0283 e. The van der Waals surface area contributed by atoms with Crippen LogP contribution in [0, 0.1) is 11.8 Å². The molecule has 15 heavy (non-hydrogen) atoms. The van der Waals surface area contributed by atoms with Crippen molar-refractivity contribution < 1.29 is 0 Å². The molecule has 1 heterocycles. The van der Waals surface area contributed by atoms with Crippen LogP contribution in [0.4, 0.5) is 0 Å². The minimum atomic E-state index is 0.726. The summed E-state index contributed by atoms with van der Waals surface area (Å²) in [5.41, 5.74) is 0. The monoisotopic (exact) mass is 226 g/mol. The first-order chi connectivity index (χ1) is 7.43. The van der Waals surface area contributed by atoms with Crippen molar-refractivity contribution in [3.8, 4) is 0 Å². The van der Waals surface area contributed by atoms with Crippen molar-refractivity contribution in [2.45, 2.75) is 37.8 Å². The van der Waals surface area contributed by atoms with E-state index in [1.165, 1.54) is 50.3 Å². The van der Waals surface area contributed by atoms with Crippen LogP contribution < -0.4 is 10.6 Å². The van der Waals surface area contributed by atoms with Gasteiger partial charge in [0.25, 0.3) is 0 Å². The molecule has 0 spiro atoms. The molecule has 3 rings (SSSR count). The van der Waals surface area contributed by atoms with E-state index in [9.17, 15) is 0 Å². The highest BCUT2D eigenvalue weighted by atomic mass is 32.2. The number of nitrogens with one attached hydrogen (secondary N) is 2. The third-order valence-electron chi connectivity index (χ3n) is 3.86. The van der Waals surface area contributed by atoms with Crippen LogP contribution in [0.25, 0.3) is 0 Å². The molecule has 0 bridgehead atoms. The largest absolute Gasteiger partial charge is 0.312 e. The van der Waals surface area contributed by atoms with Gasteiger partial charge in [-0.3, -0.25) is 0 Å². The molecule has 2 N–H and O–H groups in total. The molecule has 3 heteroatoms. The van der Waals surface area contributed by atoms with Crippen LogP contribution in [0.15, 0.2) is 0 Å². The standard InChI is InChI=1S/C12H22N2S/c1-2-9(1)12(10-3-4-10)14-7-11-8-15-6-5-13-11/h9-14H,1-8H2. The van der Waals surface area contributed by atoms with Crippen LogP contribution in [-0.4, -0.2) is 36.7 Å². The summed E-state index contributed by atoms with van der Waals surface area (Å²) in [4.78, 5) is 0. The van der Waals surface area contributed by atoms with E-state index in [1.54, 1.807) is 0 Å². The summed E-state index contributed by atoms with van der Waals surface area (Å²) in [6.07, 6.45) is 5.95. The van der Waals surface area contributed by atoms with Gasteiger partial charge in [-0.05, 0) is 37.5 Å². The zero-order valence-electron chi connectivity index (χ0n) is 9.37. The van der Waals surface area contributed by atoms with Gasteiger partial charge in [0.05, 0.1) is 0 Å². The number of thioether (sulfide) groups is 1. The third kappa shape index (κ3) is 2.89. The fourth-order valence-corrected chi connectivity index (χ4v) is 3.61. The Bertz CT molecular complexity index is 196. The Morgan fingerprint density at radius 1 is 1.20 bits per heavy atom. The van der Waals surface area contributed by atoms with E-state index < -0.39 is 0 Å². The molecule has 86 valence electrons. The molecule has 0 amide bonds. The lowest BCUT2D eigenvalue weighted by Crippen LogP contribution is -2.47. The van der Waals surface area contributed by atoms with Crippen molar-refractivity contribution in [1.82, 2.24) is 10.6 Å². The molecule has 0 radical (unpaired) electrons. The van der Waals surface area contributed by atoms with Gasteiger partial charge in [0.1, 0.15) is 0 Å². The van der Waals surface area contributed by atoms with Crippen LogP contribution in [0.5, 0.6) is 0 Å². The summed E-state index contributed by atoms with van der Waals surface area (Å²) in [7, 11) is 0. The number of rotatable bonds is 5. The Labute approximate surface area is 97.0 Å². The molecule has 1 aliphatic heterocycles.